The number of piperazine rings is 1. The molecule has 1 heterocycles. The van der Waals surface area contributed by atoms with E-state index >= 15 is 0 Å². The summed E-state index contributed by atoms with van der Waals surface area (Å²) in [5, 5.41) is 2.73. The minimum Gasteiger partial charge on any atom is -0.444 e. The van der Waals surface area contributed by atoms with Crippen molar-refractivity contribution in [3.05, 3.63) is 35.9 Å². The summed E-state index contributed by atoms with van der Waals surface area (Å²) >= 11 is 0. The molecule has 0 spiro atoms. The van der Waals surface area contributed by atoms with E-state index in [0.29, 0.717) is 19.6 Å². The van der Waals surface area contributed by atoms with Crippen LogP contribution in [0.5, 0.6) is 0 Å². The molecule has 1 N–H and O–H groups in total. The lowest BCUT2D eigenvalue weighted by atomic mass is 10.1. The van der Waals surface area contributed by atoms with Gasteiger partial charge >= 0.3 is 6.09 Å². The first-order chi connectivity index (χ1) is 12.2. The maximum absolute atomic E-state index is 12.1. The standard InChI is InChI=1S/C20H29N3O3/c1-16(24)21-11-5-6-17-7-9-18(10-8-17)22-12-14-23(15-13-22)19(25)26-20(2,3)4/h5-10H,11-15H2,1-4H3,(H,21,24). The first kappa shape index (κ1) is 19.8. The van der Waals surface area contributed by atoms with Crippen LogP contribution in [-0.2, 0) is 9.53 Å². The van der Waals surface area contributed by atoms with Crippen LogP contribution in [0.25, 0.3) is 6.08 Å². The third kappa shape index (κ3) is 6.43. The van der Waals surface area contributed by atoms with Crippen LogP contribution in [0.3, 0.4) is 0 Å². The lowest BCUT2D eigenvalue weighted by Crippen LogP contribution is -2.50. The monoisotopic (exact) mass is 359 g/mol. The van der Waals surface area contributed by atoms with Gasteiger partial charge in [0.15, 0.2) is 0 Å². The van der Waals surface area contributed by atoms with Gasteiger partial charge in [-0.2, -0.15) is 0 Å². The zero-order valence-electron chi connectivity index (χ0n) is 16.1. The fraction of sp³-hybridized carbons (Fsp3) is 0.500. The number of hydrogen-bond acceptors (Lipinski definition) is 4. The van der Waals surface area contributed by atoms with Crippen molar-refractivity contribution >= 4 is 23.8 Å². The Bertz CT molecular complexity index is 639. The number of carbonyl (C=O) groups excluding carboxylic acids is 2. The first-order valence-electron chi connectivity index (χ1n) is 8.98. The van der Waals surface area contributed by atoms with E-state index in [1.54, 1.807) is 4.90 Å². The lowest BCUT2D eigenvalue weighted by molar-refractivity contribution is -0.118. The van der Waals surface area contributed by atoms with Crippen LogP contribution in [0.4, 0.5) is 10.5 Å². The maximum atomic E-state index is 12.1. The topological polar surface area (TPSA) is 61.9 Å². The molecule has 2 rings (SSSR count). The molecule has 1 aromatic carbocycles. The predicted molar refractivity (Wildman–Crippen MR) is 104 cm³/mol. The van der Waals surface area contributed by atoms with E-state index in [0.717, 1.165) is 24.3 Å². The van der Waals surface area contributed by atoms with E-state index in [4.69, 9.17) is 4.74 Å². The van der Waals surface area contributed by atoms with E-state index in [-0.39, 0.29) is 12.0 Å². The second kappa shape index (κ2) is 8.74. The average molecular weight is 359 g/mol. The van der Waals surface area contributed by atoms with Gasteiger partial charge in [-0.3, -0.25) is 4.79 Å². The molecule has 1 saturated heterocycles. The Morgan fingerprint density at radius 1 is 1.12 bits per heavy atom. The number of anilines is 1. The molecule has 0 atom stereocenters. The van der Waals surface area contributed by atoms with Crippen molar-refractivity contribution < 1.29 is 14.3 Å². The quantitative estimate of drug-likeness (QED) is 0.898. The SMILES string of the molecule is CC(=O)NCC=Cc1ccc(N2CCN(C(=O)OC(C)(C)C)CC2)cc1. The summed E-state index contributed by atoms with van der Waals surface area (Å²) in [4.78, 5) is 27.0. The van der Waals surface area contributed by atoms with Gasteiger partial charge in [0.1, 0.15) is 5.60 Å². The predicted octanol–water partition coefficient (Wildman–Crippen LogP) is 2.89. The highest BCUT2D eigenvalue weighted by molar-refractivity contribution is 5.73. The molecule has 26 heavy (non-hydrogen) atoms. The Labute approximate surface area is 155 Å². The van der Waals surface area contributed by atoms with Crippen molar-refractivity contribution in [2.24, 2.45) is 0 Å². The van der Waals surface area contributed by atoms with Gasteiger partial charge in [-0.15, -0.1) is 0 Å². The Morgan fingerprint density at radius 2 is 1.73 bits per heavy atom. The fourth-order valence-electron chi connectivity index (χ4n) is 2.67. The smallest absolute Gasteiger partial charge is 0.410 e. The van der Waals surface area contributed by atoms with Crippen molar-refractivity contribution in [3.8, 4) is 0 Å². The molecule has 0 bridgehead atoms. The molecule has 142 valence electrons. The van der Waals surface area contributed by atoms with Crippen LogP contribution in [0.1, 0.15) is 33.3 Å². The summed E-state index contributed by atoms with van der Waals surface area (Å²) in [5.41, 5.74) is 1.77. The summed E-state index contributed by atoms with van der Waals surface area (Å²) in [7, 11) is 0. The van der Waals surface area contributed by atoms with Gasteiger partial charge < -0.3 is 19.9 Å². The summed E-state index contributed by atoms with van der Waals surface area (Å²) in [5.74, 6) is -0.0319. The largest absolute Gasteiger partial charge is 0.444 e. The Hall–Kier alpha value is -2.50. The average Bonchev–Trinajstić information content (AvgIpc) is 2.58. The van der Waals surface area contributed by atoms with E-state index in [1.165, 1.54) is 6.92 Å². The lowest BCUT2D eigenvalue weighted by Gasteiger charge is -2.36. The normalized spacial score (nSPS) is 15.2. The van der Waals surface area contributed by atoms with E-state index in [9.17, 15) is 9.59 Å². The highest BCUT2D eigenvalue weighted by atomic mass is 16.6. The molecule has 6 nitrogen and oxygen atoms in total. The van der Waals surface area contributed by atoms with Gasteiger partial charge in [-0.05, 0) is 38.5 Å². The summed E-state index contributed by atoms with van der Waals surface area (Å²) in [6.07, 6.45) is 3.67. The molecule has 0 radical (unpaired) electrons. The number of carbonyl (C=O) groups is 2. The van der Waals surface area contributed by atoms with Crippen molar-refractivity contribution in [2.75, 3.05) is 37.6 Å². The van der Waals surface area contributed by atoms with Gasteiger partial charge in [0.2, 0.25) is 5.91 Å². The summed E-state index contributed by atoms with van der Waals surface area (Å²) in [6, 6.07) is 8.28. The number of hydrogen-bond donors (Lipinski definition) is 1. The minimum atomic E-state index is -0.461. The molecular formula is C20H29N3O3. The third-order valence-electron chi connectivity index (χ3n) is 3.97. The second-order valence-corrected chi connectivity index (χ2v) is 7.39. The second-order valence-electron chi connectivity index (χ2n) is 7.39. The molecule has 2 amide bonds. The number of benzene rings is 1. The van der Waals surface area contributed by atoms with Crippen molar-refractivity contribution in [2.45, 2.75) is 33.3 Å². The van der Waals surface area contributed by atoms with Crippen molar-refractivity contribution in [1.29, 1.82) is 0 Å². The van der Waals surface area contributed by atoms with E-state index < -0.39 is 5.60 Å². The highest BCUT2D eigenvalue weighted by Crippen LogP contribution is 2.19. The van der Waals surface area contributed by atoms with Gasteiger partial charge in [-0.1, -0.05) is 24.3 Å². The van der Waals surface area contributed by atoms with Crippen LogP contribution >= 0.6 is 0 Å². The van der Waals surface area contributed by atoms with Gasteiger partial charge in [0.25, 0.3) is 0 Å². The van der Waals surface area contributed by atoms with E-state index in [1.807, 2.05) is 32.9 Å². The van der Waals surface area contributed by atoms with Gasteiger partial charge in [-0.25, -0.2) is 4.79 Å². The van der Waals surface area contributed by atoms with E-state index in [2.05, 4.69) is 34.5 Å². The van der Waals surface area contributed by atoms with Gasteiger partial charge in [0.05, 0.1) is 0 Å². The number of rotatable bonds is 4. The van der Waals surface area contributed by atoms with Crippen LogP contribution < -0.4 is 10.2 Å². The highest BCUT2D eigenvalue weighted by Gasteiger charge is 2.25. The number of nitrogens with zero attached hydrogens (tertiary/aromatic N) is 2. The van der Waals surface area contributed by atoms with Gasteiger partial charge in [0, 0.05) is 45.3 Å². The molecule has 1 fully saturated rings. The number of nitrogens with one attached hydrogen (secondary N) is 1. The molecule has 6 heteroatoms. The summed E-state index contributed by atoms with van der Waals surface area (Å²) < 4.78 is 5.43. The van der Waals surface area contributed by atoms with Crippen LogP contribution in [-0.4, -0.2) is 55.2 Å². The zero-order chi connectivity index (χ0) is 19.2. The Morgan fingerprint density at radius 3 is 2.27 bits per heavy atom. The first-order valence-corrected chi connectivity index (χ1v) is 8.98. The molecule has 1 aliphatic rings. The Balaban J connectivity index is 1.84. The minimum absolute atomic E-state index is 0.0319. The van der Waals surface area contributed by atoms with Crippen LogP contribution in [0.2, 0.25) is 0 Å². The van der Waals surface area contributed by atoms with Crippen LogP contribution in [0, 0.1) is 0 Å². The Kier molecular flexibility index (Phi) is 6.66. The molecule has 1 aromatic rings. The van der Waals surface area contributed by atoms with Crippen molar-refractivity contribution in [3.63, 3.8) is 0 Å². The third-order valence-corrected chi connectivity index (χ3v) is 3.97. The molecule has 0 aromatic heterocycles. The fourth-order valence-corrected chi connectivity index (χ4v) is 2.67. The summed E-state index contributed by atoms with van der Waals surface area (Å²) in [6.45, 7) is 10.6. The number of amides is 2. The molecule has 0 saturated carbocycles. The maximum Gasteiger partial charge on any atom is 0.410 e. The van der Waals surface area contributed by atoms with Crippen LogP contribution in [0.15, 0.2) is 30.3 Å². The molecular weight excluding hydrogens is 330 g/mol. The number of ether oxygens (including phenoxy) is 1. The zero-order valence-corrected chi connectivity index (χ0v) is 16.1. The molecule has 0 unspecified atom stereocenters. The molecule has 1 aliphatic heterocycles. The van der Waals surface area contributed by atoms with Crippen molar-refractivity contribution in [1.82, 2.24) is 10.2 Å². The molecule has 0 aliphatic carbocycles.